The van der Waals surface area contributed by atoms with Gasteiger partial charge in [0.1, 0.15) is 0 Å². The van der Waals surface area contributed by atoms with Crippen molar-refractivity contribution in [2.45, 2.75) is 26.2 Å². The molecule has 0 spiro atoms. The third kappa shape index (κ3) is 6.66. The zero-order valence-electron chi connectivity index (χ0n) is 15.7. The monoisotopic (exact) mass is 371 g/mol. The number of hydrogen-bond donors (Lipinski definition) is 1. The number of carbonyl (C=O) groups is 2. The Hall–Kier alpha value is -3.02. The molecule has 0 heterocycles. The van der Waals surface area contributed by atoms with Crippen LogP contribution < -0.4 is 14.8 Å². The van der Waals surface area contributed by atoms with E-state index in [0.29, 0.717) is 29.4 Å². The number of benzene rings is 2. The highest BCUT2D eigenvalue weighted by atomic mass is 16.5. The van der Waals surface area contributed by atoms with Crippen LogP contribution in [0.3, 0.4) is 0 Å². The lowest BCUT2D eigenvalue weighted by molar-refractivity contribution is -0.116. The van der Waals surface area contributed by atoms with Crippen LogP contribution in [-0.4, -0.2) is 32.2 Å². The second-order valence-corrected chi connectivity index (χ2v) is 5.86. The number of para-hydroxylation sites is 2. The third-order valence-corrected chi connectivity index (χ3v) is 3.79. The van der Waals surface area contributed by atoms with Crippen LogP contribution >= 0.6 is 0 Å². The smallest absolute Gasteiger partial charge is 0.338 e. The average molecular weight is 371 g/mol. The summed E-state index contributed by atoms with van der Waals surface area (Å²) < 4.78 is 15.9. The molecule has 0 saturated carbocycles. The molecule has 0 saturated heterocycles. The van der Waals surface area contributed by atoms with Crippen molar-refractivity contribution in [2.24, 2.45) is 0 Å². The summed E-state index contributed by atoms with van der Waals surface area (Å²) in [5.74, 6) is 0.688. The summed E-state index contributed by atoms with van der Waals surface area (Å²) in [6, 6.07) is 13.9. The van der Waals surface area contributed by atoms with Crippen molar-refractivity contribution >= 4 is 17.6 Å². The molecule has 1 N–H and O–H groups in total. The standard InChI is InChI=1S/C21H25NO5/c1-3-4-14-27-21(24)16-9-11-17(12-10-16)22-20(23)13-15-26-19-8-6-5-7-18(19)25-2/h5-12H,3-4,13-15H2,1-2H3,(H,22,23). The predicted molar refractivity (Wildman–Crippen MR) is 103 cm³/mol. The van der Waals surface area contributed by atoms with Crippen molar-refractivity contribution in [1.82, 2.24) is 0 Å². The van der Waals surface area contributed by atoms with E-state index < -0.39 is 0 Å². The quantitative estimate of drug-likeness (QED) is 0.504. The minimum absolute atomic E-state index is 0.178. The van der Waals surface area contributed by atoms with Gasteiger partial charge in [-0.1, -0.05) is 25.5 Å². The van der Waals surface area contributed by atoms with E-state index in [4.69, 9.17) is 14.2 Å². The lowest BCUT2D eigenvalue weighted by atomic mass is 10.2. The highest BCUT2D eigenvalue weighted by Gasteiger charge is 2.09. The number of amides is 1. The molecule has 1 amide bonds. The fourth-order valence-electron chi connectivity index (χ4n) is 2.30. The second kappa shape index (κ2) is 10.9. The second-order valence-electron chi connectivity index (χ2n) is 5.86. The molecule has 0 aliphatic rings. The van der Waals surface area contributed by atoms with Crippen LogP contribution in [-0.2, 0) is 9.53 Å². The van der Waals surface area contributed by atoms with Gasteiger partial charge in [0.15, 0.2) is 11.5 Å². The molecular weight excluding hydrogens is 346 g/mol. The van der Waals surface area contributed by atoms with Crippen molar-refractivity contribution in [3.63, 3.8) is 0 Å². The fourth-order valence-corrected chi connectivity index (χ4v) is 2.30. The fraction of sp³-hybridized carbons (Fsp3) is 0.333. The van der Waals surface area contributed by atoms with Gasteiger partial charge >= 0.3 is 5.97 Å². The van der Waals surface area contributed by atoms with E-state index in [1.165, 1.54) is 0 Å². The van der Waals surface area contributed by atoms with Gasteiger partial charge in [0.25, 0.3) is 0 Å². The number of esters is 1. The van der Waals surface area contributed by atoms with Gasteiger partial charge < -0.3 is 19.5 Å². The molecule has 2 rings (SSSR count). The zero-order chi connectivity index (χ0) is 19.5. The van der Waals surface area contributed by atoms with Crippen LogP contribution in [0.5, 0.6) is 11.5 Å². The molecule has 0 aromatic heterocycles. The van der Waals surface area contributed by atoms with E-state index in [1.807, 2.05) is 19.1 Å². The van der Waals surface area contributed by atoms with Crippen LogP contribution in [0.1, 0.15) is 36.5 Å². The maximum atomic E-state index is 12.0. The zero-order valence-corrected chi connectivity index (χ0v) is 15.7. The van der Waals surface area contributed by atoms with Gasteiger partial charge in [-0.3, -0.25) is 4.79 Å². The molecule has 144 valence electrons. The van der Waals surface area contributed by atoms with Gasteiger partial charge in [-0.05, 0) is 42.8 Å². The van der Waals surface area contributed by atoms with Crippen molar-refractivity contribution < 1.29 is 23.8 Å². The van der Waals surface area contributed by atoms with Crippen LogP contribution in [0, 0.1) is 0 Å². The molecule has 0 radical (unpaired) electrons. The lowest BCUT2D eigenvalue weighted by Crippen LogP contribution is -2.15. The van der Waals surface area contributed by atoms with E-state index >= 15 is 0 Å². The Labute approximate surface area is 159 Å². The largest absolute Gasteiger partial charge is 0.493 e. The molecule has 0 aliphatic heterocycles. The van der Waals surface area contributed by atoms with Gasteiger partial charge in [0.05, 0.1) is 32.3 Å². The van der Waals surface area contributed by atoms with Gasteiger partial charge in [-0.15, -0.1) is 0 Å². The Kier molecular flexibility index (Phi) is 8.16. The third-order valence-electron chi connectivity index (χ3n) is 3.79. The van der Waals surface area contributed by atoms with E-state index in [1.54, 1.807) is 43.5 Å². The average Bonchev–Trinajstić information content (AvgIpc) is 2.69. The topological polar surface area (TPSA) is 73.9 Å². The van der Waals surface area contributed by atoms with Gasteiger partial charge in [-0.25, -0.2) is 4.79 Å². The molecule has 0 bridgehead atoms. The lowest BCUT2D eigenvalue weighted by Gasteiger charge is -2.10. The molecule has 2 aromatic carbocycles. The number of ether oxygens (including phenoxy) is 3. The number of rotatable bonds is 10. The van der Waals surface area contributed by atoms with E-state index in [0.717, 1.165) is 12.8 Å². The molecule has 0 unspecified atom stereocenters. The van der Waals surface area contributed by atoms with E-state index in [2.05, 4.69) is 5.32 Å². The van der Waals surface area contributed by atoms with Crippen LogP contribution in [0.25, 0.3) is 0 Å². The SMILES string of the molecule is CCCCOC(=O)c1ccc(NC(=O)CCOc2ccccc2OC)cc1. The summed E-state index contributed by atoms with van der Waals surface area (Å²) in [5.41, 5.74) is 1.08. The highest BCUT2D eigenvalue weighted by Crippen LogP contribution is 2.25. The first-order valence-corrected chi connectivity index (χ1v) is 8.97. The summed E-state index contributed by atoms with van der Waals surface area (Å²) in [6.07, 6.45) is 2.01. The molecule has 0 aliphatic carbocycles. The molecule has 6 nitrogen and oxygen atoms in total. The van der Waals surface area contributed by atoms with Crippen molar-refractivity contribution in [3.05, 3.63) is 54.1 Å². The molecular formula is C21H25NO5. The maximum absolute atomic E-state index is 12.0. The van der Waals surface area contributed by atoms with E-state index in [9.17, 15) is 9.59 Å². The van der Waals surface area contributed by atoms with Crippen LogP contribution in [0.2, 0.25) is 0 Å². The van der Waals surface area contributed by atoms with E-state index in [-0.39, 0.29) is 24.9 Å². The van der Waals surface area contributed by atoms with Crippen molar-refractivity contribution in [1.29, 1.82) is 0 Å². The van der Waals surface area contributed by atoms with Crippen molar-refractivity contribution in [2.75, 3.05) is 25.6 Å². The molecule has 2 aromatic rings. The molecule has 0 atom stereocenters. The number of nitrogens with one attached hydrogen (secondary N) is 1. The van der Waals surface area contributed by atoms with Crippen LogP contribution in [0.15, 0.2) is 48.5 Å². The molecule has 27 heavy (non-hydrogen) atoms. The first kappa shape index (κ1) is 20.3. The molecule has 6 heteroatoms. The van der Waals surface area contributed by atoms with Gasteiger partial charge in [-0.2, -0.15) is 0 Å². The first-order chi connectivity index (χ1) is 13.1. The Morgan fingerprint density at radius 1 is 0.963 bits per heavy atom. The number of unbranched alkanes of at least 4 members (excludes halogenated alkanes) is 1. The summed E-state index contributed by atoms with van der Waals surface area (Å²) in [7, 11) is 1.57. The summed E-state index contributed by atoms with van der Waals surface area (Å²) >= 11 is 0. The minimum Gasteiger partial charge on any atom is -0.493 e. The Bertz CT molecular complexity index is 742. The summed E-state index contributed by atoms with van der Waals surface area (Å²) in [5, 5.41) is 2.77. The minimum atomic E-state index is -0.355. The normalized spacial score (nSPS) is 10.1. The summed E-state index contributed by atoms with van der Waals surface area (Å²) in [4.78, 5) is 23.9. The number of hydrogen-bond acceptors (Lipinski definition) is 5. The Morgan fingerprint density at radius 3 is 2.33 bits per heavy atom. The summed E-state index contributed by atoms with van der Waals surface area (Å²) in [6.45, 7) is 2.68. The maximum Gasteiger partial charge on any atom is 0.338 e. The van der Waals surface area contributed by atoms with Crippen molar-refractivity contribution in [3.8, 4) is 11.5 Å². The number of carbonyl (C=O) groups excluding carboxylic acids is 2. The number of anilines is 1. The highest BCUT2D eigenvalue weighted by molar-refractivity contribution is 5.93. The number of methoxy groups -OCH3 is 1. The van der Waals surface area contributed by atoms with Gasteiger partial charge in [0.2, 0.25) is 5.91 Å². The Balaban J connectivity index is 1.77. The van der Waals surface area contributed by atoms with Gasteiger partial charge in [0, 0.05) is 5.69 Å². The predicted octanol–water partition coefficient (Wildman–Crippen LogP) is 4.06. The van der Waals surface area contributed by atoms with Crippen LogP contribution in [0.4, 0.5) is 5.69 Å². The first-order valence-electron chi connectivity index (χ1n) is 8.97. The Morgan fingerprint density at radius 2 is 1.67 bits per heavy atom. The molecule has 0 fully saturated rings.